The summed E-state index contributed by atoms with van der Waals surface area (Å²) in [5.74, 6) is -1.54. The SMILES string of the molecule is CNCC1(CNCCc2ccc(F)c(F)c2)CC1. The number of rotatable bonds is 7. The molecule has 0 spiro atoms. The third-order valence-electron chi connectivity index (χ3n) is 3.58. The fourth-order valence-electron chi connectivity index (χ4n) is 2.25. The maximum absolute atomic E-state index is 13.0. The van der Waals surface area contributed by atoms with Gasteiger partial charge in [0.25, 0.3) is 0 Å². The van der Waals surface area contributed by atoms with Gasteiger partial charge in [0.1, 0.15) is 0 Å². The van der Waals surface area contributed by atoms with Gasteiger partial charge in [-0.1, -0.05) is 6.07 Å². The monoisotopic (exact) mass is 254 g/mol. The molecule has 0 heterocycles. The molecule has 1 aliphatic rings. The van der Waals surface area contributed by atoms with Crippen LogP contribution < -0.4 is 10.6 Å². The summed E-state index contributed by atoms with van der Waals surface area (Å²) < 4.78 is 25.7. The number of hydrogen-bond donors (Lipinski definition) is 2. The minimum atomic E-state index is -0.780. The van der Waals surface area contributed by atoms with Crippen LogP contribution in [0.4, 0.5) is 8.78 Å². The molecule has 18 heavy (non-hydrogen) atoms. The average Bonchev–Trinajstić information content (AvgIpc) is 3.10. The zero-order chi connectivity index (χ0) is 13.0. The molecular weight excluding hydrogens is 234 g/mol. The van der Waals surface area contributed by atoms with E-state index in [0.717, 1.165) is 31.6 Å². The molecule has 0 aliphatic heterocycles. The van der Waals surface area contributed by atoms with Crippen LogP contribution >= 0.6 is 0 Å². The lowest BCUT2D eigenvalue weighted by atomic mass is 10.1. The maximum atomic E-state index is 13.0. The zero-order valence-corrected chi connectivity index (χ0v) is 10.7. The molecule has 2 nitrogen and oxygen atoms in total. The second kappa shape index (κ2) is 5.76. The Kier molecular flexibility index (Phi) is 4.30. The van der Waals surface area contributed by atoms with Gasteiger partial charge in [-0.05, 0) is 56.0 Å². The van der Waals surface area contributed by atoms with Gasteiger partial charge in [-0.15, -0.1) is 0 Å². The average molecular weight is 254 g/mol. The third kappa shape index (κ3) is 3.50. The minimum absolute atomic E-state index is 0.433. The van der Waals surface area contributed by atoms with E-state index in [2.05, 4.69) is 10.6 Å². The summed E-state index contributed by atoms with van der Waals surface area (Å²) in [5, 5.41) is 6.61. The number of hydrogen-bond acceptors (Lipinski definition) is 2. The van der Waals surface area contributed by atoms with Gasteiger partial charge in [-0.25, -0.2) is 8.78 Å². The van der Waals surface area contributed by atoms with Crippen LogP contribution in [0, 0.1) is 17.0 Å². The second-order valence-electron chi connectivity index (χ2n) is 5.21. The first-order valence-corrected chi connectivity index (χ1v) is 6.44. The van der Waals surface area contributed by atoms with E-state index in [4.69, 9.17) is 0 Å². The topological polar surface area (TPSA) is 24.1 Å². The van der Waals surface area contributed by atoms with Gasteiger partial charge in [0, 0.05) is 13.1 Å². The van der Waals surface area contributed by atoms with Crippen LogP contribution in [0.15, 0.2) is 18.2 Å². The lowest BCUT2D eigenvalue weighted by Gasteiger charge is -2.15. The molecule has 1 aromatic rings. The second-order valence-corrected chi connectivity index (χ2v) is 5.21. The molecule has 1 aromatic carbocycles. The van der Waals surface area contributed by atoms with Gasteiger partial charge in [0.05, 0.1) is 0 Å². The minimum Gasteiger partial charge on any atom is -0.319 e. The molecule has 4 heteroatoms. The molecule has 0 radical (unpaired) electrons. The standard InChI is InChI=1S/C14H20F2N2/c1-17-9-14(5-6-14)10-18-7-4-11-2-3-12(15)13(16)8-11/h2-3,8,17-18H,4-7,9-10H2,1H3. The molecule has 0 bridgehead atoms. The van der Waals surface area contributed by atoms with E-state index in [1.807, 2.05) is 7.05 Å². The van der Waals surface area contributed by atoms with E-state index in [1.54, 1.807) is 6.07 Å². The Morgan fingerprint density at radius 3 is 2.56 bits per heavy atom. The Morgan fingerprint density at radius 2 is 1.94 bits per heavy atom. The highest BCUT2D eigenvalue weighted by Gasteiger charge is 2.41. The number of halogens is 2. The molecule has 1 aliphatic carbocycles. The molecule has 0 unspecified atom stereocenters. The van der Waals surface area contributed by atoms with Crippen LogP contribution in [-0.4, -0.2) is 26.7 Å². The molecule has 1 fully saturated rings. The molecule has 1 saturated carbocycles. The van der Waals surface area contributed by atoms with E-state index in [1.165, 1.54) is 25.0 Å². The van der Waals surface area contributed by atoms with Gasteiger partial charge in [-0.3, -0.25) is 0 Å². The van der Waals surface area contributed by atoms with Gasteiger partial charge in [-0.2, -0.15) is 0 Å². The predicted molar refractivity (Wildman–Crippen MR) is 68.5 cm³/mol. The van der Waals surface area contributed by atoms with Crippen molar-refractivity contribution in [3.63, 3.8) is 0 Å². The summed E-state index contributed by atoms with van der Waals surface area (Å²) in [6.45, 7) is 2.85. The Hall–Kier alpha value is -1.00. The third-order valence-corrected chi connectivity index (χ3v) is 3.58. The summed E-state index contributed by atoms with van der Waals surface area (Å²) in [6, 6.07) is 4.10. The highest BCUT2D eigenvalue weighted by Crippen LogP contribution is 2.44. The van der Waals surface area contributed by atoms with Crippen molar-refractivity contribution in [3.05, 3.63) is 35.4 Å². The Balaban J connectivity index is 1.70. The van der Waals surface area contributed by atoms with Gasteiger partial charge in [0.15, 0.2) is 11.6 Å². The van der Waals surface area contributed by atoms with Crippen LogP contribution in [0.3, 0.4) is 0 Å². The van der Waals surface area contributed by atoms with Crippen molar-refractivity contribution in [1.29, 1.82) is 0 Å². The number of benzene rings is 1. The van der Waals surface area contributed by atoms with Crippen molar-refractivity contribution >= 4 is 0 Å². The van der Waals surface area contributed by atoms with Crippen LogP contribution in [0.5, 0.6) is 0 Å². The molecule has 0 amide bonds. The van der Waals surface area contributed by atoms with Crippen molar-refractivity contribution in [2.75, 3.05) is 26.7 Å². The highest BCUT2D eigenvalue weighted by molar-refractivity contribution is 5.18. The molecule has 0 saturated heterocycles. The fourth-order valence-corrected chi connectivity index (χ4v) is 2.25. The first-order chi connectivity index (χ1) is 8.65. The first-order valence-electron chi connectivity index (χ1n) is 6.44. The molecule has 2 N–H and O–H groups in total. The van der Waals surface area contributed by atoms with Crippen molar-refractivity contribution in [2.45, 2.75) is 19.3 Å². The summed E-state index contributed by atoms with van der Waals surface area (Å²) in [5.41, 5.74) is 1.27. The quantitative estimate of drug-likeness (QED) is 0.728. The zero-order valence-electron chi connectivity index (χ0n) is 10.7. The molecule has 100 valence electrons. The van der Waals surface area contributed by atoms with Crippen LogP contribution in [0.25, 0.3) is 0 Å². The fraction of sp³-hybridized carbons (Fsp3) is 0.571. The Morgan fingerprint density at radius 1 is 1.17 bits per heavy atom. The summed E-state index contributed by atoms with van der Waals surface area (Å²) in [7, 11) is 1.97. The first kappa shape index (κ1) is 13.4. The van der Waals surface area contributed by atoms with E-state index < -0.39 is 11.6 Å². The number of nitrogens with one attached hydrogen (secondary N) is 2. The lowest BCUT2D eigenvalue weighted by Crippen LogP contribution is -2.32. The lowest BCUT2D eigenvalue weighted by molar-refractivity contribution is 0.440. The van der Waals surface area contributed by atoms with E-state index in [9.17, 15) is 8.78 Å². The van der Waals surface area contributed by atoms with Crippen LogP contribution in [0.1, 0.15) is 18.4 Å². The van der Waals surface area contributed by atoms with Crippen LogP contribution in [0.2, 0.25) is 0 Å². The smallest absolute Gasteiger partial charge is 0.159 e. The molecule has 0 atom stereocenters. The molecular formula is C14H20F2N2. The summed E-state index contributed by atoms with van der Waals surface area (Å²) >= 11 is 0. The van der Waals surface area contributed by atoms with E-state index in [0.29, 0.717) is 5.41 Å². The van der Waals surface area contributed by atoms with Gasteiger partial charge >= 0.3 is 0 Å². The van der Waals surface area contributed by atoms with Gasteiger partial charge < -0.3 is 10.6 Å². The summed E-state index contributed by atoms with van der Waals surface area (Å²) in [4.78, 5) is 0. The normalized spacial score (nSPS) is 16.8. The van der Waals surface area contributed by atoms with E-state index >= 15 is 0 Å². The van der Waals surface area contributed by atoms with Crippen molar-refractivity contribution in [2.24, 2.45) is 5.41 Å². The maximum Gasteiger partial charge on any atom is 0.159 e. The van der Waals surface area contributed by atoms with Gasteiger partial charge in [0.2, 0.25) is 0 Å². The van der Waals surface area contributed by atoms with Crippen molar-refractivity contribution in [1.82, 2.24) is 10.6 Å². The van der Waals surface area contributed by atoms with Crippen LogP contribution in [-0.2, 0) is 6.42 Å². The largest absolute Gasteiger partial charge is 0.319 e. The van der Waals surface area contributed by atoms with Crippen molar-refractivity contribution in [3.8, 4) is 0 Å². The van der Waals surface area contributed by atoms with Crippen molar-refractivity contribution < 1.29 is 8.78 Å². The summed E-state index contributed by atoms with van der Waals surface area (Å²) in [6.07, 6.45) is 3.27. The molecule has 0 aromatic heterocycles. The predicted octanol–water partition coefficient (Wildman–Crippen LogP) is 2.10. The Labute approximate surface area is 107 Å². The Bertz CT molecular complexity index is 403. The molecule has 2 rings (SSSR count). The van der Waals surface area contributed by atoms with E-state index in [-0.39, 0.29) is 0 Å². The highest BCUT2D eigenvalue weighted by atomic mass is 19.2.